The minimum atomic E-state index is 0.365. The van der Waals surface area contributed by atoms with Crippen molar-refractivity contribution >= 4 is 18.4 Å². The van der Waals surface area contributed by atoms with Crippen LogP contribution in [0.4, 0.5) is 0 Å². The topological polar surface area (TPSA) is 93.1 Å². The van der Waals surface area contributed by atoms with Crippen molar-refractivity contribution < 1.29 is 9.47 Å². The third-order valence-electron chi connectivity index (χ3n) is 3.33. The zero-order valence-corrected chi connectivity index (χ0v) is 14.2. The van der Waals surface area contributed by atoms with Crippen LogP contribution in [0.15, 0.2) is 29.4 Å². The summed E-state index contributed by atoms with van der Waals surface area (Å²) in [5.74, 6) is 1.89. The second-order valence-electron chi connectivity index (χ2n) is 4.95. The fraction of sp³-hybridized carbons (Fsp3) is 0.200. The highest BCUT2D eigenvalue weighted by atomic mass is 32.1. The second kappa shape index (κ2) is 6.67. The van der Waals surface area contributed by atoms with E-state index < -0.39 is 0 Å². The first-order chi connectivity index (χ1) is 11.6. The number of hydrogen-bond donors (Lipinski definition) is 2. The zero-order chi connectivity index (χ0) is 17.1. The van der Waals surface area contributed by atoms with Gasteiger partial charge in [-0.25, -0.2) is 5.10 Å². The molecule has 9 heteroatoms. The van der Waals surface area contributed by atoms with Crippen LogP contribution in [0.5, 0.6) is 11.5 Å². The summed E-state index contributed by atoms with van der Waals surface area (Å²) in [6.45, 7) is 1.91. The lowest BCUT2D eigenvalue weighted by atomic mass is 10.2. The van der Waals surface area contributed by atoms with Crippen LogP contribution in [0.25, 0.3) is 11.5 Å². The van der Waals surface area contributed by atoms with Gasteiger partial charge in [-0.05, 0) is 43.4 Å². The number of nitrogens with zero attached hydrogens (tertiary/aromatic N) is 4. The Labute approximate surface area is 143 Å². The fourth-order valence-corrected chi connectivity index (χ4v) is 2.34. The summed E-state index contributed by atoms with van der Waals surface area (Å²) in [5.41, 5.74) is 2.32. The summed E-state index contributed by atoms with van der Waals surface area (Å²) in [5, 5.41) is 18.4. The molecule has 0 atom stereocenters. The van der Waals surface area contributed by atoms with Gasteiger partial charge in [0, 0.05) is 11.3 Å². The number of hydrogen-bond acceptors (Lipinski definition) is 6. The molecule has 0 fully saturated rings. The van der Waals surface area contributed by atoms with Gasteiger partial charge in [0.15, 0.2) is 0 Å². The van der Waals surface area contributed by atoms with E-state index in [1.165, 1.54) is 4.68 Å². The normalized spacial score (nSPS) is 11.1. The lowest BCUT2D eigenvalue weighted by molar-refractivity contribution is 0.402. The van der Waals surface area contributed by atoms with Gasteiger partial charge < -0.3 is 9.47 Å². The predicted molar refractivity (Wildman–Crippen MR) is 92.3 cm³/mol. The van der Waals surface area contributed by atoms with Crippen LogP contribution in [0, 0.1) is 11.7 Å². The summed E-state index contributed by atoms with van der Waals surface area (Å²) in [4.78, 5) is 0. The molecule has 1 aromatic carbocycles. The first-order valence-electron chi connectivity index (χ1n) is 7.08. The maximum absolute atomic E-state index is 5.34. The van der Waals surface area contributed by atoms with Crippen molar-refractivity contribution in [3.63, 3.8) is 0 Å². The number of benzene rings is 1. The Bertz CT molecular complexity index is 940. The lowest BCUT2D eigenvalue weighted by Gasteiger charge is -2.06. The number of rotatable bonds is 5. The molecule has 0 saturated carbocycles. The van der Waals surface area contributed by atoms with Crippen molar-refractivity contribution in [3.8, 4) is 23.0 Å². The van der Waals surface area contributed by atoms with Crippen molar-refractivity contribution in [3.05, 3.63) is 40.3 Å². The third kappa shape index (κ3) is 3.06. The van der Waals surface area contributed by atoms with E-state index in [1.54, 1.807) is 20.4 Å². The molecule has 0 aliphatic heterocycles. The van der Waals surface area contributed by atoms with E-state index in [0.29, 0.717) is 27.8 Å². The Balaban J connectivity index is 2.02. The van der Waals surface area contributed by atoms with E-state index in [1.807, 2.05) is 31.2 Å². The molecular formula is C15H16N6O2S. The smallest absolute Gasteiger partial charge is 0.216 e. The summed E-state index contributed by atoms with van der Waals surface area (Å²) in [7, 11) is 3.20. The van der Waals surface area contributed by atoms with Crippen LogP contribution in [0.1, 0.15) is 11.3 Å². The first kappa shape index (κ1) is 15.9. The van der Waals surface area contributed by atoms with Crippen molar-refractivity contribution in [2.75, 3.05) is 14.2 Å². The monoisotopic (exact) mass is 344 g/mol. The highest BCUT2D eigenvalue weighted by Crippen LogP contribution is 2.23. The zero-order valence-electron chi connectivity index (χ0n) is 13.4. The van der Waals surface area contributed by atoms with Gasteiger partial charge in [0.2, 0.25) is 10.6 Å². The van der Waals surface area contributed by atoms with Gasteiger partial charge in [0.05, 0.1) is 20.4 Å². The van der Waals surface area contributed by atoms with Gasteiger partial charge in [-0.15, -0.1) is 0 Å². The van der Waals surface area contributed by atoms with Crippen LogP contribution in [-0.2, 0) is 0 Å². The SMILES string of the molecule is COc1ccc(OC)c(/C=N\n2c(-c3cc(C)[nH]n3)n[nH]c2=S)c1. The van der Waals surface area contributed by atoms with Crippen molar-refractivity contribution in [1.29, 1.82) is 0 Å². The Hall–Kier alpha value is -2.94. The Kier molecular flexibility index (Phi) is 4.43. The molecule has 0 saturated heterocycles. The summed E-state index contributed by atoms with van der Waals surface area (Å²) in [6, 6.07) is 7.32. The van der Waals surface area contributed by atoms with E-state index >= 15 is 0 Å². The van der Waals surface area contributed by atoms with E-state index in [4.69, 9.17) is 21.7 Å². The highest BCUT2D eigenvalue weighted by molar-refractivity contribution is 7.71. The maximum atomic E-state index is 5.34. The number of ether oxygens (including phenoxy) is 2. The molecule has 3 aromatic rings. The number of nitrogens with one attached hydrogen (secondary N) is 2. The minimum Gasteiger partial charge on any atom is -0.497 e. The number of aryl methyl sites for hydroxylation is 1. The van der Waals surface area contributed by atoms with Crippen LogP contribution in [0.3, 0.4) is 0 Å². The lowest BCUT2D eigenvalue weighted by Crippen LogP contribution is -1.97. The number of aromatic nitrogens is 5. The molecule has 0 aliphatic rings. The molecule has 3 rings (SSSR count). The van der Waals surface area contributed by atoms with Crippen LogP contribution >= 0.6 is 12.2 Å². The van der Waals surface area contributed by atoms with Crippen molar-refractivity contribution in [2.45, 2.75) is 6.92 Å². The van der Waals surface area contributed by atoms with Gasteiger partial charge in [0.25, 0.3) is 0 Å². The Morgan fingerprint density at radius 2 is 2.00 bits per heavy atom. The van der Waals surface area contributed by atoms with Crippen LogP contribution in [0.2, 0.25) is 0 Å². The second-order valence-corrected chi connectivity index (χ2v) is 5.34. The Morgan fingerprint density at radius 1 is 1.17 bits per heavy atom. The number of aromatic amines is 2. The van der Waals surface area contributed by atoms with Crippen molar-refractivity contribution in [1.82, 2.24) is 25.1 Å². The van der Waals surface area contributed by atoms with Gasteiger partial charge >= 0.3 is 0 Å². The average Bonchev–Trinajstić information content (AvgIpc) is 3.18. The van der Waals surface area contributed by atoms with Crippen LogP contribution in [-0.4, -0.2) is 45.5 Å². The quantitative estimate of drug-likeness (QED) is 0.548. The fourth-order valence-electron chi connectivity index (χ4n) is 2.16. The Morgan fingerprint density at radius 3 is 2.67 bits per heavy atom. The molecule has 0 bridgehead atoms. The summed E-state index contributed by atoms with van der Waals surface area (Å²) in [6.07, 6.45) is 1.63. The molecule has 0 radical (unpaired) electrons. The molecule has 0 aliphatic carbocycles. The van der Waals surface area contributed by atoms with E-state index in [0.717, 1.165) is 11.3 Å². The van der Waals surface area contributed by atoms with E-state index in [2.05, 4.69) is 25.5 Å². The maximum Gasteiger partial charge on any atom is 0.216 e. The molecule has 124 valence electrons. The molecule has 2 aromatic heterocycles. The molecule has 2 heterocycles. The molecular weight excluding hydrogens is 328 g/mol. The van der Waals surface area contributed by atoms with Gasteiger partial charge in [-0.1, -0.05) is 0 Å². The number of methoxy groups -OCH3 is 2. The van der Waals surface area contributed by atoms with Gasteiger partial charge in [-0.2, -0.15) is 20.0 Å². The predicted octanol–water partition coefficient (Wildman–Crippen LogP) is 2.54. The first-order valence-corrected chi connectivity index (χ1v) is 7.49. The molecule has 0 spiro atoms. The van der Waals surface area contributed by atoms with Crippen LogP contribution < -0.4 is 9.47 Å². The molecule has 2 N–H and O–H groups in total. The van der Waals surface area contributed by atoms with E-state index in [-0.39, 0.29) is 0 Å². The molecule has 0 amide bonds. The van der Waals surface area contributed by atoms with Crippen molar-refractivity contribution in [2.24, 2.45) is 5.10 Å². The summed E-state index contributed by atoms with van der Waals surface area (Å²) >= 11 is 5.24. The average molecular weight is 344 g/mol. The molecule has 8 nitrogen and oxygen atoms in total. The van der Waals surface area contributed by atoms with E-state index in [9.17, 15) is 0 Å². The summed E-state index contributed by atoms with van der Waals surface area (Å²) < 4.78 is 12.4. The minimum absolute atomic E-state index is 0.365. The molecule has 0 unspecified atom stereocenters. The number of H-pyrrole nitrogens is 2. The highest BCUT2D eigenvalue weighted by Gasteiger charge is 2.11. The van der Waals surface area contributed by atoms with Gasteiger partial charge in [-0.3, -0.25) is 5.10 Å². The molecule has 24 heavy (non-hydrogen) atoms. The third-order valence-corrected chi connectivity index (χ3v) is 3.60. The standard InChI is InChI=1S/C15H16N6O2S/c1-9-6-12(18-17-9)14-19-20-15(24)21(14)16-8-10-7-11(22-2)4-5-13(10)23-3/h4-8H,1-3H3,(H,17,18)(H,20,24)/b16-8-. The van der Waals surface area contributed by atoms with Gasteiger partial charge in [0.1, 0.15) is 17.2 Å². The largest absolute Gasteiger partial charge is 0.497 e.